The number of aromatic nitrogens is 1. The second kappa shape index (κ2) is 4.82. The van der Waals surface area contributed by atoms with Gasteiger partial charge in [-0.3, -0.25) is 10.1 Å². The highest BCUT2D eigenvalue weighted by Gasteiger charge is 2.09. The third kappa shape index (κ3) is 2.48. The van der Waals surface area contributed by atoms with Gasteiger partial charge in [-0.15, -0.1) is 0 Å². The standard InChI is InChI=1S/C15H11N2OS/c1-10-7-8-12-13(9-10)19-15(16-12)17-14(18)11-5-3-2-4-6-11/h3-9H,1H3,(H,16,17,18). The highest BCUT2D eigenvalue weighted by Crippen LogP contribution is 2.26. The van der Waals surface area contributed by atoms with Crippen molar-refractivity contribution >= 4 is 32.6 Å². The molecule has 3 aromatic rings. The zero-order valence-electron chi connectivity index (χ0n) is 10.3. The van der Waals surface area contributed by atoms with Gasteiger partial charge in [-0.1, -0.05) is 29.5 Å². The molecule has 3 rings (SSSR count). The number of carbonyl (C=O) groups is 1. The number of thiazole rings is 1. The smallest absolute Gasteiger partial charge is 0.257 e. The first-order valence-corrected chi connectivity index (χ1v) is 6.69. The molecule has 0 saturated carbocycles. The molecule has 1 aromatic heterocycles. The Morgan fingerprint density at radius 3 is 2.84 bits per heavy atom. The molecule has 1 N–H and O–H groups in total. The minimum absolute atomic E-state index is 0.148. The monoisotopic (exact) mass is 267 g/mol. The Labute approximate surface area is 114 Å². The highest BCUT2D eigenvalue weighted by atomic mass is 32.1. The number of fused-ring (bicyclic) bond motifs is 1. The molecule has 0 bridgehead atoms. The van der Waals surface area contributed by atoms with Gasteiger partial charge in [0.15, 0.2) is 5.13 Å². The van der Waals surface area contributed by atoms with Crippen molar-refractivity contribution < 1.29 is 4.79 Å². The Hall–Kier alpha value is -2.20. The largest absolute Gasteiger partial charge is 0.298 e. The van der Waals surface area contributed by atoms with Crippen LogP contribution in [0.5, 0.6) is 0 Å². The number of aryl methyl sites for hydroxylation is 1. The maximum absolute atomic E-state index is 12.0. The number of hydrogen-bond acceptors (Lipinski definition) is 3. The molecule has 93 valence electrons. The summed E-state index contributed by atoms with van der Waals surface area (Å²) >= 11 is 1.48. The Bertz CT molecular complexity index is 734. The molecule has 0 aliphatic heterocycles. The number of carbonyl (C=O) groups excluding carboxylic acids is 1. The average molecular weight is 267 g/mol. The Morgan fingerprint density at radius 1 is 1.26 bits per heavy atom. The summed E-state index contributed by atoms with van der Waals surface area (Å²) in [4.78, 5) is 16.4. The molecule has 0 aliphatic rings. The van der Waals surface area contributed by atoms with Crippen molar-refractivity contribution in [1.82, 2.24) is 4.98 Å². The van der Waals surface area contributed by atoms with Crippen molar-refractivity contribution in [2.75, 3.05) is 5.32 Å². The van der Waals surface area contributed by atoms with Crippen LogP contribution < -0.4 is 5.32 Å². The molecule has 19 heavy (non-hydrogen) atoms. The SMILES string of the molecule is Cc1ccc2nc(NC(=O)c3cc[c]cc3)sc2c1. The molecule has 1 heterocycles. The van der Waals surface area contributed by atoms with Gasteiger partial charge < -0.3 is 0 Å². The lowest BCUT2D eigenvalue weighted by Gasteiger charge is -1.99. The topological polar surface area (TPSA) is 42.0 Å². The zero-order valence-corrected chi connectivity index (χ0v) is 11.1. The van der Waals surface area contributed by atoms with E-state index in [0.29, 0.717) is 10.7 Å². The van der Waals surface area contributed by atoms with Gasteiger partial charge in [0, 0.05) is 5.56 Å². The van der Waals surface area contributed by atoms with Gasteiger partial charge in [0.25, 0.3) is 5.91 Å². The summed E-state index contributed by atoms with van der Waals surface area (Å²) < 4.78 is 1.08. The van der Waals surface area contributed by atoms with E-state index in [0.717, 1.165) is 10.2 Å². The second-order valence-electron chi connectivity index (χ2n) is 4.23. The molecule has 3 nitrogen and oxygen atoms in total. The van der Waals surface area contributed by atoms with Gasteiger partial charge in [0.05, 0.1) is 10.2 Å². The van der Waals surface area contributed by atoms with E-state index in [1.165, 1.54) is 16.9 Å². The lowest BCUT2D eigenvalue weighted by molar-refractivity contribution is 0.102. The predicted octanol–water partition coefficient (Wildman–Crippen LogP) is 3.66. The average Bonchev–Trinajstić information content (AvgIpc) is 2.81. The molecule has 1 radical (unpaired) electrons. The molecule has 1 amide bonds. The Kier molecular flexibility index (Phi) is 3.01. The summed E-state index contributed by atoms with van der Waals surface area (Å²) in [5.74, 6) is -0.148. The molecule has 4 heteroatoms. The second-order valence-corrected chi connectivity index (χ2v) is 5.26. The first kappa shape index (κ1) is 11.9. The number of anilines is 1. The van der Waals surface area contributed by atoms with E-state index in [1.807, 2.05) is 19.1 Å². The van der Waals surface area contributed by atoms with E-state index >= 15 is 0 Å². The lowest BCUT2D eigenvalue weighted by atomic mass is 10.2. The number of benzene rings is 2. The number of hydrogen-bond donors (Lipinski definition) is 1. The molecule has 0 fully saturated rings. The van der Waals surface area contributed by atoms with Crippen LogP contribution in [-0.4, -0.2) is 10.9 Å². The van der Waals surface area contributed by atoms with E-state index in [4.69, 9.17) is 0 Å². The summed E-state index contributed by atoms with van der Waals surface area (Å²) in [6.45, 7) is 2.04. The summed E-state index contributed by atoms with van der Waals surface area (Å²) in [5, 5.41) is 3.45. The minimum atomic E-state index is -0.148. The van der Waals surface area contributed by atoms with Crippen LogP contribution >= 0.6 is 11.3 Å². The van der Waals surface area contributed by atoms with Crippen molar-refractivity contribution in [1.29, 1.82) is 0 Å². The van der Waals surface area contributed by atoms with Crippen LogP contribution in [0.15, 0.2) is 42.5 Å². The number of nitrogens with zero attached hydrogens (tertiary/aromatic N) is 1. The summed E-state index contributed by atoms with van der Waals surface area (Å²) in [5.41, 5.74) is 2.70. The van der Waals surface area contributed by atoms with Crippen molar-refractivity contribution in [2.45, 2.75) is 6.92 Å². The Morgan fingerprint density at radius 2 is 2.05 bits per heavy atom. The van der Waals surface area contributed by atoms with E-state index in [9.17, 15) is 4.79 Å². The van der Waals surface area contributed by atoms with Crippen LogP contribution in [0.2, 0.25) is 0 Å². The molecule has 0 unspecified atom stereocenters. The molecule has 0 saturated heterocycles. The fraction of sp³-hybridized carbons (Fsp3) is 0.0667. The van der Waals surface area contributed by atoms with Gasteiger partial charge in [-0.05, 0) is 42.8 Å². The molecule has 0 spiro atoms. The maximum Gasteiger partial charge on any atom is 0.257 e. The van der Waals surface area contributed by atoms with Crippen LogP contribution in [0.25, 0.3) is 10.2 Å². The third-order valence-corrected chi connectivity index (χ3v) is 3.68. The van der Waals surface area contributed by atoms with Crippen LogP contribution in [0, 0.1) is 13.0 Å². The predicted molar refractivity (Wildman–Crippen MR) is 77.6 cm³/mol. The highest BCUT2D eigenvalue weighted by molar-refractivity contribution is 7.22. The Balaban J connectivity index is 1.87. The van der Waals surface area contributed by atoms with E-state index in [1.54, 1.807) is 24.3 Å². The van der Waals surface area contributed by atoms with E-state index in [-0.39, 0.29) is 5.91 Å². The zero-order chi connectivity index (χ0) is 13.2. The number of rotatable bonds is 2. The van der Waals surface area contributed by atoms with Gasteiger partial charge in [-0.2, -0.15) is 0 Å². The fourth-order valence-electron chi connectivity index (χ4n) is 1.79. The van der Waals surface area contributed by atoms with Crippen LogP contribution in [0.4, 0.5) is 5.13 Å². The maximum atomic E-state index is 12.0. The van der Waals surface area contributed by atoms with Gasteiger partial charge in [-0.25, -0.2) is 4.98 Å². The summed E-state index contributed by atoms with van der Waals surface area (Å²) in [6.07, 6.45) is 0. The molecule has 2 aromatic carbocycles. The van der Waals surface area contributed by atoms with Gasteiger partial charge in [0.2, 0.25) is 0 Å². The van der Waals surface area contributed by atoms with Crippen molar-refractivity contribution in [3.63, 3.8) is 0 Å². The van der Waals surface area contributed by atoms with Crippen LogP contribution in [0.3, 0.4) is 0 Å². The molecule has 0 atom stereocenters. The van der Waals surface area contributed by atoms with Crippen LogP contribution in [-0.2, 0) is 0 Å². The lowest BCUT2D eigenvalue weighted by Crippen LogP contribution is -2.11. The number of amides is 1. The van der Waals surface area contributed by atoms with Gasteiger partial charge >= 0.3 is 0 Å². The molecular formula is C15H11N2OS. The first-order valence-electron chi connectivity index (χ1n) is 5.87. The van der Waals surface area contributed by atoms with Crippen molar-refractivity contribution in [2.24, 2.45) is 0 Å². The fourth-order valence-corrected chi connectivity index (χ4v) is 2.75. The van der Waals surface area contributed by atoms with E-state index in [2.05, 4.69) is 22.4 Å². The molecule has 0 aliphatic carbocycles. The normalized spacial score (nSPS) is 10.6. The summed E-state index contributed by atoms with van der Waals surface area (Å²) in [7, 11) is 0. The summed E-state index contributed by atoms with van der Waals surface area (Å²) in [6, 6.07) is 15.8. The minimum Gasteiger partial charge on any atom is -0.298 e. The van der Waals surface area contributed by atoms with Crippen molar-refractivity contribution in [3.8, 4) is 0 Å². The third-order valence-electron chi connectivity index (χ3n) is 2.74. The van der Waals surface area contributed by atoms with Crippen LogP contribution in [0.1, 0.15) is 15.9 Å². The number of nitrogens with one attached hydrogen (secondary N) is 1. The van der Waals surface area contributed by atoms with Crippen molar-refractivity contribution in [3.05, 3.63) is 59.7 Å². The first-order chi connectivity index (χ1) is 9.22. The van der Waals surface area contributed by atoms with Gasteiger partial charge in [0.1, 0.15) is 0 Å². The molecular weight excluding hydrogens is 256 g/mol. The van der Waals surface area contributed by atoms with E-state index < -0.39 is 0 Å². The quantitative estimate of drug-likeness (QED) is 0.770.